The molecule has 4 rings (SSSR count). The van der Waals surface area contributed by atoms with E-state index in [9.17, 15) is 14.4 Å². The van der Waals surface area contributed by atoms with Crippen molar-refractivity contribution in [2.45, 2.75) is 13.3 Å². The Labute approximate surface area is 177 Å². The van der Waals surface area contributed by atoms with E-state index >= 15 is 0 Å². The molecule has 8 heteroatoms. The minimum absolute atomic E-state index is 0.236. The van der Waals surface area contributed by atoms with Crippen LogP contribution in [0.1, 0.15) is 44.4 Å². The Bertz CT molecular complexity index is 1140. The van der Waals surface area contributed by atoms with Crippen LogP contribution in [-0.2, 0) is 0 Å². The molecule has 0 saturated heterocycles. The minimum Gasteiger partial charge on any atom is -0.494 e. The first kappa shape index (κ1) is 19.8. The van der Waals surface area contributed by atoms with Gasteiger partial charge < -0.3 is 4.74 Å². The number of amides is 3. The molecule has 0 unspecified atom stereocenters. The first-order valence-electron chi connectivity index (χ1n) is 9.44. The predicted molar refractivity (Wildman–Crippen MR) is 114 cm³/mol. The van der Waals surface area contributed by atoms with Crippen molar-refractivity contribution in [1.82, 2.24) is 9.88 Å². The summed E-state index contributed by atoms with van der Waals surface area (Å²) in [4.78, 5) is 42.2. The lowest BCUT2D eigenvalue weighted by Gasteiger charge is -2.05. The van der Waals surface area contributed by atoms with Gasteiger partial charge in [-0.05, 0) is 48.9 Å². The number of hydrogen-bond donors (Lipinski definition) is 1. The zero-order valence-corrected chi connectivity index (χ0v) is 17.3. The second-order valence-electron chi connectivity index (χ2n) is 6.79. The van der Waals surface area contributed by atoms with Gasteiger partial charge in [-0.2, -0.15) is 0 Å². The third-order valence-electron chi connectivity index (χ3n) is 4.70. The number of nitrogens with one attached hydrogen (secondary N) is 1. The highest BCUT2D eigenvalue weighted by atomic mass is 32.1. The Morgan fingerprint density at radius 3 is 2.57 bits per heavy atom. The van der Waals surface area contributed by atoms with E-state index in [2.05, 4.69) is 17.2 Å². The molecule has 2 aromatic carbocycles. The van der Waals surface area contributed by atoms with Crippen molar-refractivity contribution in [3.63, 3.8) is 0 Å². The van der Waals surface area contributed by atoms with Crippen molar-refractivity contribution in [2.75, 3.05) is 19.0 Å². The quantitative estimate of drug-likeness (QED) is 0.606. The molecular weight excluding hydrogens is 402 g/mol. The second kappa shape index (κ2) is 8.08. The molecule has 0 atom stereocenters. The Hall–Kier alpha value is -3.52. The number of aromatic nitrogens is 1. The van der Waals surface area contributed by atoms with E-state index < -0.39 is 11.8 Å². The number of carbonyl (C=O) groups excluding carboxylic acids is 3. The van der Waals surface area contributed by atoms with Crippen LogP contribution in [0, 0.1) is 0 Å². The molecule has 1 aliphatic rings. The molecule has 0 radical (unpaired) electrons. The van der Waals surface area contributed by atoms with Gasteiger partial charge in [0.15, 0.2) is 5.13 Å². The fourth-order valence-corrected chi connectivity index (χ4v) is 3.79. The normalized spacial score (nSPS) is 12.8. The van der Waals surface area contributed by atoms with Gasteiger partial charge in [0.05, 0.1) is 23.4 Å². The van der Waals surface area contributed by atoms with Crippen LogP contribution in [0.5, 0.6) is 5.75 Å². The number of benzene rings is 2. The summed E-state index contributed by atoms with van der Waals surface area (Å²) in [5.74, 6) is -0.360. The zero-order valence-electron chi connectivity index (χ0n) is 16.5. The Morgan fingerprint density at radius 1 is 1.10 bits per heavy atom. The van der Waals surface area contributed by atoms with Crippen molar-refractivity contribution < 1.29 is 19.1 Å². The molecule has 7 nitrogen and oxygen atoms in total. The number of carbonyl (C=O) groups is 3. The fraction of sp³-hybridized carbons (Fsp3) is 0.182. The minimum atomic E-state index is -0.410. The molecule has 0 bridgehead atoms. The second-order valence-corrected chi connectivity index (χ2v) is 7.65. The van der Waals surface area contributed by atoms with Gasteiger partial charge in [0, 0.05) is 23.6 Å². The third kappa shape index (κ3) is 3.69. The molecule has 0 saturated carbocycles. The Morgan fingerprint density at radius 2 is 1.83 bits per heavy atom. The highest BCUT2D eigenvalue weighted by Gasteiger charge is 2.33. The molecule has 0 fully saturated rings. The van der Waals surface area contributed by atoms with Crippen LogP contribution in [-0.4, -0.2) is 41.3 Å². The average Bonchev–Trinajstić information content (AvgIpc) is 3.31. The maximum absolute atomic E-state index is 12.6. The summed E-state index contributed by atoms with van der Waals surface area (Å²) < 4.78 is 5.58. The van der Waals surface area contributed by atoms with Gasteiger partial charge in [-0.25, -0.2) is 4.98 Å². The fourth-order valence-electron chi connectivity index (χ4n) is 3.08. The molecule has 2 heterocycles. The standard InChI is InChI=1S/C22H19N3O4S/c1-3-10-29-15-7-4-13(5-8-15)18-12-30-22(23-18)24-19(26)14-6-9-16-17(11-14)21(28)25(2)20(16)27/h4-9,11-12H,3,10H2,1-2H3,(H,23,24,26). The summed E-state index contributed by atoms with van der Waals surface area (Å²) in [5, 5.41) is 5.05. The van der Waals surface area contributed by atoms with Crippen molar-refractivity contribution in [3.8, 4) is 17.0 Å². The molecule has 30 heavy (non-hydrogen) atoms. The first-order valence-corrected chi connectivity index (χ1v) is 10.3. The Kier molecular flexibility index (Phi) is 5.33. The Balaban J connectivity index is 1.47. The highest BCUT2D eigenvalue weighted by Crippen LogP contribution is 2.28. The van der Waals surface area contributed by atoms with Crippen molar-refractivity contribution >= 4 is 34.2 Å². The monoisotopic (exact) mass is 421 g/mol. The zero-order chi connectivity index (χ0) is 21.3. The van der Waals surface area contributed by atoms with Crippen LogP contribution in [0.4, 0.5) is 5.13 Å². The first-order chi connectivity index (χ1) is 14.5. The summed E-state index contributed by atoms with van der Waals surface area (Å²) in [7, 11) is 1.42. The topological polar surface area (TPSA) is 88.6 Å². The van der Waals surface area contributed by atoms with Crippen LogP contribution >= 0.6 is 11.3 Å². The van der Waals surface area contributed by atoms with Gasteiger partial charge >= 0.3 is 0 Å². The number of rotatable bonds is 6. The highest BCUT2D eigenvalue weighted by molar-refractivity contribution is 7.14. The summed E-state index contributed by atoms with van der Waals surface area (Å²) in [5.41, 5.74) is 2.50. The van der Waals surface area contributed by atoms with E-state index in [4.69, 9.17) is 4.74 Å². The lowest BCUT2D eigenvalue weighted by Crippen LogP contribution is -2.24. The number of anilines is 1. The van der Waals surface area contributed by atoms with Gasteiger partial charge in [-0.1, -0.05) is 6.92 Å². The lowest BCUT2D eigenvalue weighted by molar-refractivity contribution is 0.0693. The number of nitrogens with zero attached hydrogens (tertiary/aromatic N) is 2. The number of hydrogen-bond acceptors (Lipinski definition) is 6. The summed E-state index contributed by atoms with van der Waals surface area (Å²) in [6.07, 6.45) is 0.947. The smallest absolute Gasteiger partial charge is 0.261 e. The summed E-state index contributed by atoms with van der Waals surface area (Å²) in [6, 6.07) is 12.1. The SMILES string of the molecule is CCCOc1ccc(-c2csc(NC(=O)c3ccc4c(c3)C(=O)N(C)C4=O)n2)cc1. The summed E-state index contributed by atoms with van der Waals surface area (Å²) in [6.45, 7) is 2.73. The average molecular weight is 421 g/mol. The molecule has 152 valence electrons. The van der Waals surface area contributed by atoms with Crippen molar-refractivity contribution in [2.24, 2.45) is 0 Å². The molecule has 1 aliphatic heterocycles. The van der Waals surface area contributed by atoms with Crippen LogP contribution < -0.4 is 10.1 Å². The molecular formula is C22H19N3O4S. The summed E-state index contributed by atoms with van der Waals surface area (Å²) >= 11 is 1.31. The molecule has 1 aromatic heterocycles. The van der Waals surface area contributed by atoms with E-state index in [0.717, 1.165) is 28.3 Å². The predicted octanol–water partition coefficient (Wildman–Crippen LogP) is 4.08. The van der Waals surface area contributed by atoms with E-state index in [1.807, 2.05) is 29.6 Å². The maximum Gasteiger partial charge on any atom is 0.261 e. The lowest BCUT2D eigenvalue weighted by atomic mass is 10.1. The van der Waals surface area contributed by atoms with Crippen LogP contribution in [0.25, 0.3) is 11.3 Å². The van der Waals surface area contributed by atoms with Gasteiger partial charge in [0.2, 0.25) is 0 Å². The van der Waals surface area contributed by atoms with Gasteiger partial charge in [0.1, 0.15) is 5.75 Å². The number of imide groups is 1. The van der Waals surface area contributed by atoms with E-state index in [1.165, 1.54) is 36.6 Å². The molecule has 3 aromatic rings. The van der Waals surface area contributed by atoms with Crippen molar-refractivity contribution in [3.05, 3.63) is 64.5 Å². The van der Waals surface area contributed by atoms with Gasteiger partial charge in [0.25, 0.3) is 17.7 Å². The largest absolute Gasteiger partial charge is 0.494 e. The maximum atomic E-state index is 12.6. The number of thiazole rings is 1. The molecule has 1 N–H and O–H groups in total. The van der Waals surface area contributed by atoms with E-state index in [1.54, 1.807) is 0 Å². The van der Waals surface area contributed by atoms with Crippen LogP contribution in [0.2, 0.25) is 0 Å². The van der Waals surface area contributed by atoms with Crippen LogP contribution in [0.15, 0.2) is 47.8 Å². The third-order valence-corrected chi connectivity index (χ3v) is 5.46. The van der Waals surface area contributed by atoms with Gasteiger partial charge in [-0.3, -0.25) is 24.6 Å². The molecule has 0 spiro atoms. The number of fused-ring (bicyclic) bond motifs is 1. The molecule has 3 amide bonds. The van der Waals surface area contributed by atoms with Crippen LogP contribution in [0.3, 0.4) is 0 Å². The van der Waals surface area contributed by atoms with E-state index in [0.29, 0.717) is 22.9 Å². The number of ether oxygens (including phenoxy) is 1. The molecule has 0 aliphatic carbocycles. The van der Waals surface area contributed by atoms with E-state index in [-0.39, 0.29) is 11.5 Å². The van der Waals surface area contributed by atoms with Gasteiger partial charge in [-0.15, -0.1) is 11.3 Å². The van der Waals surface area contributed by atoms with Crippen molar-refractivity contribution in [1.29, 1.82) is 0 Å².